The molecule has 1 aliphatic carbocycles. The Hall–Kier alpha value is -2.29. The van der Waals surface area contributed by atoms with Gasteiger partial charge in [0, 0.05) is 6.42 Å². The maximum atomic E-state index is 10.6. The molecule has 1 aliphatic heterocycles. The van der Waals surface area contributed by atoms with Gasteiger partial charge in [-0.2, -0.15) is 0 Å². The van der Waals surface area contributed by atoms with Gasteiger partial charge in [-0.3, -0.25) is 4.57 Å². The van der Waals surface area contributed by atoms with Crippen molar-refractivity contribution in [2.24, 2.45) is 0 Å². The Morgan fingerprint density at radius 2 is 1.97 bits per heavy atom. The van der Waals surface area contributed by atoms with Gasteiger partial charge in [-0.1, -0.05) is 25.2 Å². The summed E-state index contributed by atoms with van der Waals surface area (Å²) in [6, 6.07) is 0. The van der Waals surface area contributed by atoms with E-state index in [1.54, 1.807) is 0 Å². The van der Waals surface area contributed by atoms with E-state index < -0.39 is 36.7 Å². The first-order valence-electron chi connectivity index (χ1n) is 9.76. The lowest BCUT2D eigenvalue weighted by Crippen LogP contribution is -2.33. The molecule has 4 rings (SSSR count). The number of fused-ring (bicyclic) bond motifs is 1. The average Bonchev–Trinajstić information content (AvgIpc) is 3.24. The van der Waals surface area contributed by atoms with E-state index >= 15 is 0 Å². The van der Waals surface area contributed by atoms with Crippen LogP contribution in [0.4, 0.5) is 5.82 Å². The van der Waals surface area contributed by atoms with Gasteiger partial charge in [0.05, 0.1) is 18.5 Å². The molecule has 2 aromatic rings. The van der Waals surface area contributed by atoms with Gasteiger partial charge in [-0.15, -0.1) is 0 Å². The van der Waals surface area contributed by atoms with Crippen LogP contribution >= 0.6 is 0 Å². The molecular weight excluding hydrogens is 378 g/mol. The van der Waals surface area contributed by atoms with Gasteiger partial charge in [0.15, 0.2) is 17.7 Å². The molecule has 0 aromatic carbocycles. The van der Waals surface area contributed by atoms with Gasteiger partial charge in [0.2, 0.25) is 5.82 Å². The van der Waals surface area contributed by atoms with Crippen molar-refractivity contribution in [3.05, 3.63) is 12.2 Å². The molecule has 1 saturated heterocycles. The lowest BCUT2D eigenvalue weighted by Gasteiger charge is -2.29. The summed E-state index contributed by atoms with van der Waals surface area (Å²) in [5.41, 5.74) is 5.84. The third-order valence-electron chi connectivity index (χ3n) is 5.64. The molecule has 156 valence electrons. The normalized spacial score (nSPS) is 29.0. The summed E-state index contributed by atoms with van der Waals surface area (Å²) in [7, 11) is 0. The number of imidazole rings is 1. The van der Waals surface area contributed by atoms with Crippen molar-refractivity contribution >= 4 is 17.0 Å². The highest BCUT2D eigenvalue weighted by atomic mass is 16.6. The predicted octanol–water partition coefficient (Wildman–Crippen LogP) is -0.543. The first-order chi connectivity index (χ1) is 13.9. The molecule has 0 amide bonds. The molecule has 2 unspecified atom stereocenters. The largest absolute Gasteiger partial charge is 0.394 e. The van der Waals surface area contributed by atoms with Crippen molar-refractivity contribution in [2.75, 3.05) is 12.3 Å². The topological polar surface area (TPSA) is 160 Å². The van der Waals surface area contributed by atoms with E-state index in [1.807, 2.05) is 0 Å². The van der Waals surface area contributed by atoms with Gasteiger partial charge in [0.1, 0.15) is 23.8 Å². The second-order valence-electron chi connectivity index (χ2n) is 7.75. The van der Waals surface area contributed by atoms with Crippen molar-refractivity contribution in [1.29, 1.82) is 0 Å². The Kier molecular flexibility index (Phi) is 5.42. The maximum absolute atomic E-state index is 10.6. The first kappa shape index (κ1) is 20.0. The lowest BCUT2D eigenvalue weighted by atomic mass is 9.83. The summed E-state index contributed by atoms with van der Waals surface area (Å²) in [5, 5.41) is 40.1. The molecule has 3 heterocycles. The number of rotatable bonds is 3. The summed E-state index contributed by atoms with van der Waals surface area (Å²) in [4.78, 5) is 12.7. The molecule has 4 atom stereocenters. The monoisotopic (exact) mass is 403 g/mol. The molecule has 0 radical (unpaired) electrons. The molecule has 2 fully saturated rings. The second kappa shape index (κ2) is 7.85. The Morgan fingerprint density at radius 3 is 2.66 bits per heavy atom. The van der Waals surface area contributed by atoms with E-state index in [9.17, 15) is 20.4 Å². The van der Waals surface area contributed by atoms with Gasteiger partial charge in [0.25, 0.3) is 0 Å². The van der Waals surface area contributed by atoms with Crippen LogP contribution in [0, 0.1) is 11.8 Å². The van der Waals surface area contributed by atoms with E-state index in [2.05, 4.69) is 26.8 Å². The Labute approximate surface area is 167 Å². The summed E-state index contributed by atoms with van der Waals surface area (Å²) >= 11 is 0. The minimum Gasteiger partial charge on any atom is -0.394 e. The fourth-order valence-electron chi connectivity index (χ4n) is 3.96. The van der Waals surface area contributed by atoms with Crippen LogP contribution in [0.25, 0.3) is 11.2 Å². The molecule has 2 aromatic heterocycles. The number of hydrogen-bond acceptors (Lipinski definition) is 9. The molecule has 1 saturated carbocycles. The SMILES string of the molecule is Nc1nc(C#CCC2(O)CCCCC2)nc2c1ncn2[C@@H]1O[C@H](CO)C(O)C1O. The number of nitrogens with zero attached hydrogens (tertiary/aromatic N) is 4. The van der Waals surface area contributed by atoms with Crippen LogP contribution < -0.4 is 5.73 Å². The highest BCUT2D eigenvalue weighted by Crippen LogP contribution is 2.32. The van der Waals surface area contributed by atoms with Crippen molar-refractivity contribution in [1.82, 2.24) is 19.5 Å². The minimum absolute atomic E-state index is 0.126. The zero-order valence-corrected chi connectivity index (χ0v) is 15.9. The van der Waals surface area contributed by atoms with Crippen LogP contribution in [-0.4, -0.2) is 70.5 Å². The third kappa shape index (κ3) is 3.80. The van der Waals surface area contributed by atoms with Crippen LogP contribution in [0.1, 0.15) is 50.6 Å². The van der Waals surface area contributed by atoms with Crippen molar-refractivity contribution in [3.63, 3.8) is 0 Å². The Morgan fingerprint density at radius 1 is 1.21 bits per heavy atom. The summed E-state index contributed by atoms with van der Waals surface area (Å²) in [6.07, 6.45) is 1.93. The highest BCUT2D eigenvalue weighted by molar-refractivity contribution is 5.82. The van der Waals surface area contributed by atoms with Crippen LogP contribution in [0.5, 0.6) is 0 Å². The Balaban J connectivity index is 1.62. The van der Waals surface area contributed by atoms with Crippen LogP contribution in [0.2, 0.25) is 0 Å². The standard InChI is InChI=1S/C19H25N5O5/c20-16-13-17(24(10-21-13)18-15(27)14(26)11(9-25)29-18)23-12(22-16)5-4-8-19(28)6-2-1-3-7-19/h10-11,14-15,18,25-28H,1-3,6-9H2,(H2,20,22,23)/t11-,14?,15?,18-/m1/s1. The molecule has 10 heteroatoms. The Bertz CT molecular complexity index is 946. The summed E-state index contributed by atoms with van der Waals surface area (Å²) in [6.45, 7) is -0.432. The fraction of sp³-hybridized carbons (Fsp3) is 0.632. The number of anilines is 1. The van der Waals surface area contributed by atoms with E-state index in [4.69, 9.17) is 10.5 Å². The average molecular weight is 403 g/mol. The molecule has 29 heavy (non-hydrogen) atoms. The van der Waals surface area contributed by atoms with E-state index in [0.29, 0.717) is 17.6 Å². The molecule has 2 aliphatic rings. The van der Waals surface area contributed by atoms with E-state index in [-0.39, 0.29) is 11.6 Å². The molecule has 0 bridgehead atoms. The fourth-order valence-corrected chi connectivity index (χ4v) is 3.96. The smallest absolute Gasteiger partial charge is 0.208 e. The zero-order chi connectivity index (χ0) is 20.6. The van der Waals surface area contributed by atoms with Gasteiger partial charge in [-0.05, 0) is 18.8 Å². The number of aliphatic hydroxyl groups is 4. The van der Waals surface area contributed by atoms with E-state index in [1.165, 1.54) is 10.9 Å². The quantitative estimate of drug-likeness (QED) is 0.424. The van der Waals surface area contributed by atoms with Crippen LogP contribution in [-0.2, 0) is 4.74 Å². The second-order valence-corrected chi connectivity index (χ2v) is 7.75. The number of hydrogen-bond donors (Lipinski definition) is 5. The number of aromatic nitrogens is 4. The predicted molar refractivity (Wildman–Crippen MR) is 102 cm³/mol. The minimum atomic E-state index is -1.27. The van der Waals surface area contributed by atoms with Crippen molar-refractivity contribution < 1.29 is 25.2 Å². The van der Waals surface area contributed by atoms with Gasteiger partial charge in [-0.25, -0.2) is 15.0 Å². The molecule has 10 nitrogen and oxygen atoms in total. The zero-order valence-electron chi connectivity index (χ0n) is 15.9. The highest BCUT2D eigenvalue weighted by Gasteiger charge is 2.44. The maximum Gasteiger partial charge on any atom is 0.208 e. The summed E-state index contributed by atoms with van der Waals surface area (Å²) in [5.74, 6) is 6.10. The number of ether oxygens (including phenoxy) is 1. The number of aliphatic hydroxyl groups excluding tert-OH is 3. The number of nitrogens with two attached hydrogens (primary N) is 1. The molecule has 6 N–H and O–H groups in total. The number of nitrogen functional groups attached to an aromatic ring is 1. The summed E-state index contributed by atoms with van der Waals surface area (Å²) < 4.78 is 6.98. The van der Waals surface area contributed by atoms with Crippen LogP contribution in [0.3, 0.4) is 0 Å². The third-order valence-corrected chi connectivity index (χ3v) is 5.64. The molecular formula is C19H25N5O5. The van der Waals surface area contributed by atoms with Crippen molar-refractivity contribution in [2.45, 2.75) is 68.7 Å². The lowest BCUT2D eigenvalue weighted by molar-refractivity contribution is -0.0511. The van der Waals surface area contributed by atoms with Gasteiger partial charge >= 0.3 is 0 Å². The van der Waals surface area contributed by atoms with Crippen LogP contribution in [0.15, 0.2) is 6.33 Å². The van der Waals surface area contributed by atoms with Gasteiger partial charge < -0.3 is 30.9 Å². The first-order valence-corrected chi connectivity index (χ1v) is 9.76. The molecule has 0 spiro atoms. The van der Waals surface area contributed by atoms with E-state index in [0.717, 1.165) is 32.1 Å². The van der Waals surface area contributed by atoms with Crippen molar-refractivity contribution in [3.8, 4) is 11.8 Å².